The van der Waals surface area contributed by atoms with Gasteiger partial charge in [0.1, 0.15) is 5.60 Å². The third kappa shape index (κ3) is 4.16. The molecule has 2 rings (SSSR count). The molecule has 0 heterocycles. The summed E-state index contributed by atoms with van der Waals surface area (Å²) in [7, 11) is 0. The number of Topliss-reactive ketones (excluding diaryl/α,β-unsaturated/α-hetero) is 1. The normalized spacial score (nSPS) is 20.1. The molecule has 1 fully saturated rings. The first-order valence-corrected chi connectivity index (χ1v) is 8.19. The number of carbonyl (C=O) groups is 1. The Bertz CT molecular complexity index is 452. The molecule has 0 unspecified atom stereocenters. The van der Waals surface area contributed by atoms with E-state index in [4.69, 9.17) is 4.74 Å². The number of hydrogen-bond donors (Lipinski definition) is 0. The monoisotopic (exact) mass is 288 g/mol. The highest BCUT2D eigenvalue weighted by Crippen LogP contribution is 2.43. The van der Waals surface area contributed by atoms with Gasteiger partial charge in [0.15, 0.2) is 5.78 Å². The Kier molecular flexibility index (Phi) is 5.21. The predicted octanol–water partition coefficient (Wildman–Crippen LogP) is 4.56. The number of carbonyl (C=O) groups excluding carboxylic acids is 1. The maximum absolute atomic E-state index is 12.8. The lowest BCUT2D eigenvalue weighted by atomic mass is 9.69. The second kappa shape index (κ2) is 6.74. The topological polar surface area (TPSA) is 26.3 Å². The molecule has 1 saturated carbocycles. The molecule has 1 aliphatic rings. The van der Waals surface area contributed by atoms with Gasteiger partial charge in [0.2, 0.25) is 0 Å². The zero-order chi connectivity index (χ0) is 15.3. The van der Waals surface area contributed by atoms with E-state index in [2.05, 4.69) is 26.0 Å². The van der Waals surface area contributed by atoms with Gasteiger partial charge in [0, 0.05) is 13.0 Å². The fourth-order valence-electron chi connectivity index (χ4n) is 3.24. The summed E-state index contributed by atoms with van der Waals surface area (Å²) in [6.45, 7) is 7.19. The van der Waals surface area contributed by atoms with Crippen LogP contribution in [0.2, 0.25) is 0 Å². The van der Waals surface area contributed by atoms with Crippen molar-refractivity contribution in [3.05, 3.63) is 35.9 Å². The molecule has 116 valence electrons. The lowest BCUT2D eigenvalue weighted by Gasteiger charge is -2.42. The van der Waals surface area contributed by atoms with Crippen LogP contribution in [0.1, 0.15) is 58.4 Å². The molecule has 2 nitrogen and oxygen atoms in total. The summed E-state index contributed by atoms with van der Waals surface area (Å²) in [6, 6.07) is 10.2. The molecule has 2 heteroatoms. The van der Waals surface area contributed by atoms with E-state index in [0.717, 1.165) is 32.1 Å². The molecule has 0 bridgehead atoms. The molecule has 0 N–H and O–H groups in total. The first-order chi connectivity index (χ1) is 9.97. The Morgan fingerprint density at radius 3 is 2.29 bits per heavy atom. The summed E-state index contributed by atoms with van der Waals surface area (Å²) >= 11 is 0. The summed E-state index contributed by atoms with van der Waals surface area (Å²) in [6.07, 6.45) is 5.30. The molecule has 0 atom stereocenters. The van der Waals surface area contributed by atoms with Crippen LogP contribution in [0.15, 0.2) is 30.3 Å². The van der Waals surface area contributed by atoms with E-state index in [0.29, 0.717) is 24.2 Å². The number of aryl methyl sites for hydroxylation is 1. The van der Waals surface area contributed by atoms with Crippen LogP contribution in [-0.4, -0.2) is 18.0 Å². The Balaban J connectivity index is 1.99. The van der Waals surface area contributed by atoms with Crippen molar-refractivity contribution in [2.75, 3.05) is 6.61 Å². The minimum absolute atomic E-state index is 0.295. The first-order valence-electron chi connectivity index (χ1n) is 8.19. The van der Waals surface area contributed by atoms with E-state index in [1.165, 1.54) is 5.56 Å². The van der Waals surface area contributed by atoms with Crippen LogP contribution in [0.5, 0.6) is 0 Å². The van der Waals surface area contributed by atoms with Gasteiger partial charge in [-0.2, -0.15) is 0 Å². The van der Waals surface area contributed by atoms with Crippen molar-refractivity contribution in [3.63, 3.8) is 0 Å². The summed E-state index contributed by atoms with van der Waals surface area (Å²) in [5.74, 6) is 0.295. The highest BCUT2D eigenvalue weighted by atomic mass is 16.5. The summed E-state index contributed by atoms with van der Waals surface area (Å²) < 4.78 is 5.96. The smallest absolute Gasteiger partial charge is 0.164 e. The largest absolute Gasteiger partial charge is 0.368 e. The zero-order valence-corrected chi connectivity index (χ0v) is 13.7. The molecule has 0 spiro atoms. The van der Waals surface area contributed by atoms with Crippen LogP contribution in [0.3, 0.4) is 0 Å². The van der Waals surface area contributed by atoms with E-state index < -0.39 is 5.60 Å². The SMILES string of the molecule is CCOC1(C(=O)CCc2ccccc2)CCC(C)(C)CC1. The molecule has 0 aromatic heterocycles. The van der Waals surface area contributed by atoms with Gasteiger partial charge in [-0.05, 0) is 50.0 Å². The van der Waals surface area contributed by atoms with Crippen molar-refractivity contribution in [3.8, 4) is 0 Å². The van der Waals surface area contributed by atoms with Crippen molar-refractivity contribution in [1.29, 1.82) is 0 Å². The van der Waals surface area contributed by atoms with Gasteiger partial charge in [0.25, 0.3) is 0 Å². The Labute approximate surface area is 128 Å². The Morgan fingerprint density at radius 2 is 1.71 bits per heavy atom. The first kappa shape index (κ1) is 16.2. The van der Waals surface area contributed by atoms with Crippen LogP contribution >= 0.6 is 0 Å². The van der Waals surface area contributed by atoms with Crippen LogP contribution in [0.25, 0.3) is 0 Å². The number of benzene rings is 1. The Morgan fingerprint density at radius 1 is 1.10 bits per heavy atom. The number of rotatable bonds is 6. The van der Waals surface area contributed by atoms with Gasteiger partial charge in [-0.15, -0.1) is 0 Å². The molecular formula is C19H28O2. The van der Waals surface area contributed by atoms with Crippen LogP contribution in [0.4, 0.5) is 0 Å². The summed E-state index contributed by atoms with van der Waals surface area (Å²) in [5.41, 5.74) is 1.06. The van der Waals surface area contributed by atoms with Gasteiger partial charge < -0.3 is 4.74 Å². The summed E-state index contributed by atoms with van der Waals surface area (Å²) in [5, 5.41) is 0. The van der Waals surface area contributed by atoms with Gasteiger partial charge in [-0.1, -0.05) is 44.2 Å². The minimum Gasteiger partial charge on any atom is -0.368 e. The standard InChI is InChI=1S/C19H28O2/c1-4-21-19(14-12-18(2,3)13-15-19)17(20)11-10-16-8-6-5-7-9-16/h5-9H,4,10-15H2,1-3H3. The maximum Gasteiger partial charge on any atom is 0.164 e. The van der Waals surface area contributed by atoms with Gasteiger partial charge in [-0.25, -0.2) is 0 Å². The molecule has 1 aliphatic carbocycles. The van der Waals surface area contributed by atoms with Gasteiger partial charge >= 0.3 is 0 Å². The highest BCUT2D eigenvalue weighted by Gasteiger charge is 2.43. The molecule has 0 radical (unpaired) electrons. The van der Waals surface area contributed by atoms with Crippen LogP contribution in [-0.2, 0) is 16.0 Å². The van der Waals surface area contributed by atoms with E-state index in [1.54, 1.807) is 0 Å². The van der Waals surface area contributed by atoms with Gasteiger partial charge in [-0.3, -0.25) is 4.79 Å². The highest BCUT2D eigenvalue weighted by molar-refractivity contribution is 5.87. The van der Waals surface area contributed by atoms with Crippen molar-refractivity contribution < 1.29 is 9.53 Å². The lowest BCUT2D eigenvalue weighted by molar-refractivity contribution is -0.152. The fourth-order valence-corrected chi connectivity index (χ4v) is 3.24. The van der Waals surface area contributed by atoms with Crippen molar-refractivity contribution >= 4 is 5.78 Å². The van der Waals surface area contributed by atoms with E-state index in [-0.39, 0.29) is 0 Å². The number of ketones is 1. The van der Waals surface area contributed by atoms with Crippen LogP contribution in [0, 0.1) is 5.41 Å². The average molecular weight is 288 g/mol. The lowest BCUT2D eigenvalue weighted by Crippen LogP contribution is -2.46. The second-order valence-electron chi connectivity index (χ2n) is 7.00. The van der Waals surface area contributed by atoms with E-state index in [9.17, 15) is 4.79 Å². The van der Waals surface area contributed by atoms with Crippen LogP contribution < -0.4 is 0 Å². The van der Waals surface area contributed by atoms with Gasteiger partial charge in [0.05, 0.1) is 0 Å². The Hall–Kier alpha value is -1.15. The third-order valence-corrected chi connectivity index (χ3v) is 4.82. The van der Waals surface area contributed by atoms with Crippen molar-refractivity contribution in [2.24, 2.45) is 5.41 Å². The molecule has 0 saturated heterocycles. The second-order valence-corrected chi connectivity index (χ2v) is 7.00. The van der Waals surface area contributed by atoms with E-state index in [1.807, 2.05) is 25.1 Å². The quantitative estimate of drug-likeness (QED) is 0.767. The molecule has 21 heavy (non-hydrogen) atoms. The molecule has 1 aromatic carbocycles. The third-order valence-electron chi connectivity index (χ3n) is 4.82. The molecule has 1 aromatic rings. The number of hydrogen-bond acceptors (Lipinski definition) is 2. The minimum atomic E-state index is -0.515. The number of ether oxygens (including phenoxy) is 1. The molecule has 0 aliphatic heterocycles. The average Bonchev–Trinajstić information content (AvgIpc) is 2.48. The predicted molar refractivity (Wildman–Crippen MR) is 86.4 cm³/mol. The fraction of sp³-hybridized carbons (Fsp3) is 0.632. The zero-order valence-electron chi connectivity index (χ0n) is 13.7. The molecular weight excluding hydrogens is 260 g/mol. The van der Waals surface area contributed by atoms with Crippen molar-refractivity contribution in [1.82, 2.24) is 0 Å². The van der Waals surface area contributed by atoms with E-state index >= 15 is 0 Å². The molecule has 0 amide bonds. The summed E-state index contributed by atoms with van der Waals surface area (Å²) in [4.78, 5) is 12.8. The maximum atomic E-state index is 12.8. The van der Waals surface area contributed by atoms with Crippen molar-refractivity contribution in [2.45, 2.75) is 64.9 Å².